The van der Waals surface area contributed by atoms with Crippen LogP contribution in [0.5, 0.6) is 17.2 Å². The average molecular weight is 434 g/mol. The molecule has 3 rings (SSSR count). The average Bonchev–Trinajstić information content (AvgIpc) is 3.29. The molecular weight excluding hydrogens is 406 g/mol. The molecule has 1 unspecified atom stereocenters. The van der Waals surface area contributed by atoms with E-state index in [4.69, 9.17) is 30.5 Å². The van der Waals surface area contributed by atoms with Crippen LogP contribution >= 0.6 is 11.6 Å². The molecule has 0 spiro atoms. The van der Waals surface area contributed by atoms with Gasteiger partial charge in [0, 0.05) is 18.7 Å². The van der Waals surface area contributed by atoms with Crippen molar-refractivity contribution in [3.8, 4) is 17.2 Å². The molecule has 1 amide bonds. The van der Waals surface area contributed by atoms with Crippen molar-refractivity contribution >= 4 is 17.5 Å². The summed E-state index contributed by atoms with van der Waals surface area (Å²) in [6.07, 6.45) is 3.18. The number of carbonyl (C=O) groups is 1. The maximum Gasteiger partial charge on any atom is 0.251 e. The minimum absolute atomic E-state index is 0.187. The Morgan fingerprint density at radius 3 is 2.70 bits per heavy atom. The van der Waals surface area contributed by atoms with E-state index in [2.05, 4.69) is 5.32 Å². The summed E-state index contributed by atoms with van der Waals surface area (Å²) in [5.41, 5.74) is 1.38. The van der Waals surface area contributed by atoms with Gasteiger partial charge < -0.3 is 24.3 Å². The van der Waals surface area contributed by atoms with Crippen LogP contribution in [0.1, 0.15) is 42.1 Å². The van der Waals surface area contributed by atoms with Gasteiger partial charge in [0.2, 0.25) is 0 Å². The van der Waals surface area contributed by atoms with Gasteiger partial charge in [0.05, 0.1) is 24.8 Å². The number of amides is 1. The number of hydrogen-bond donors (Lipinski definition) is 1. The molecule has 0 radical (unpaired) electrons. The zero-order valence-corrected chi connectivity index (χ0v) is 18.2. The molecular formula is C23H28ClNO5. The van der Waals surface area contributed by atoms with E-state index < -0.39 is 0 Å². The molecule has 1 heterocycles. The number of methoxy groups -OCH3 is 1. The summed E-state index contributed by atoms with van der Waals surface area (Å²) in [4.78, 5) is 12.6. The number of hydrogen-bond acceptors (Lipinski definition) is 5. The minimum Gasteiger partial charge on any atom is -0.493 e. The van der Waals surface area contributed by atoms with Crippen molar-refractivity contribution in [2.24, 2.45) is 0 Å². The summed E-state index contributed by atoms with van der Waals surface area (Å²) < 4.78 is 22.3. The zero-order valence-electron chi connectivity index (χ0n) is 17.4. The van der Waals surface area contributed by atoms with E-state index in [-0.39, 0.29) is 12.0 Å². The smallest absolute Gasteiger partial charge is 0.251 e. The van der Waals surface area contributed by atoms with E-state index in [9.17, 15) is 4.79 Å². The predicted octanol–water partition coefficient (Wildman–Crippen LogP) is 4.63. The van der Waals surface area contributed by atoms with Crippen LogP contribution in [0.15, 0.2) is 36.4 Å². The number of benzene rings is 2. The Hall–Kier alpha value is -2.44. The summed E-state index contributed by atoms with van der Waals surface area (Å²) >= 11 is 6.30. The number of carbonyl (C=O) groups excluding carboxylic acids is 1. The van der Waals surface area contributed by atoms with Crippen molar-refractivity contribution in [1.29, 1.82) is 0 Å². The Morgan fingerprint density at radius 2 is 2.03 bits per heavy atom. The third-order valence-electron chi connectivity index (χ3n) is 4.78. The highest BCUT2D eigenvalue weighted by atomic mass is 35.5. The van der Waals surface area contributed by atoms with Gasteiger partial charge in [-0.1, -0.05) is 30.7 Å². The minimum atomic E-state index is -0.240. The molecule has 1 fully saturated rings. The van der Waals surface area contributed by atoms with E-state index in [1.807, 2.05) is 31.2 Å². The molecule has 1 atom stereocenters. The van der Waals surface area contributed by atoms with Gasteiger partial charge in [-0.2, -0.15) is 0 Å². The largest absolute Gasteiger partial charge is 0.493 e. The fourth-order valence-electron chi connectivity index (χ4n) is 3.15. The number of rotatable bonds is 10. The van der Waals surface area contributed by atoms with Gasteiger partial charge in [-0.15, -0.1) is 0 Å². The van der Waals surface area contributed by atoms with Crippen molar-refractivity contribution < 1.29 is 23.7 Å². The predicted molar refractivity (Wildman–Crippen MR) is 116 cm³/mol. The van der Waals surface area contributed by atoms with Crippen molar-refractivity contribution in [2.45, 2.75) is 38.8 Å². The van der Waals surface area contributed by atoms with Crippen LogP contribution in [0, 0.1) is 0 Å². The normalized spacial score (nSPS) is 15.6. The first-order valence-corrected chi connectivity index (χ1v) is 10.6. The van der Waals surface area contributed by atoms with Crippen LogP contribution in [-0.4, -0.2) is 38.9 Å². The van der Waals surface area contributed by atoms with E-state index >= 15 is 0 Å². The Bertz CT molecular complexity index is 834. The second-order valence-corrected chi connectivity index (χ2v) is 7.52. The monoisotopic (exact) mass is 433 g/mol. The van der Waals surface area contributed by atoms with E-state index in [1.54, 1.807) is 12.1 Å². The number of halogens is 1. The first-order chi connectivity index (χ1) is 14.6. The van der Waals surface area contributed by atoms with Crippen molar-refractivity contribution in [3.05, 3.63) is 52.5 Å². The summed E-state index contributed by atoms with van der Waals surface area (Å²) in [6, 6.07) is 10.9. The van der Waals surface area contributed by atoms with Gasteiger partial charge in [0.25, 0.3) is 5.91 Å². The lowest BCUT2D eigenvalue weighted by Gasteiger charge is -2.14. The van der Waals surface area contributed by atoms with E-state index in [1.165, 1.54) is 7.11 Å². The van der Waals surface area contributed by atoms with Gasteiger partial charge >= 0.3 is 0 Å². The van der Waals surface area contributed by atoms with Gasteiger partial charge in [0.1, 0.15) is 12.4 Å². The molecule has 0 bridgehead atoms. The fraction of sp³-hybridized carbons (Fsp3) is 0.435. The Morgan fingerprint density at radius 1 is 1.23 bits per heavy atom. The van der Waals surface area contributed by atoms with Crippen molar-refractivity contribution in [1.82, 2.24) is 5.32 Å². The van der Waals surface area contributed by atoms with Gasteiger partial charge in [-0.05, 0) is 49.1 Å². The highest BCUT2D eigenvalue weighted by Crippen LogP contribution is 2.36. The standard InChI is InChI=1S/C23H28ClNO5/c1-3-10-29-22-20(24)12-17(13-21(22)27-2)23(26)25-14-16-6-8-18(9-7-16)30-15-19-5-4-11-28-19/h6-9,12-13,19H,3-5,10-11,14-15H2,1-2H3,(H,25,26). The summed E-state index contributed by atoms with van der Waals surface area (Å²) in [5, 5.41) is 3.25. The topological polar surface area (TPSA) is 66.0 Å². The van der Waals surface area contributed by atoms with Crippen LogP contribution in [0.2, 0.25) is 5.02 Å². The molecule has 0 saturated carbocycles. The summed E-state index contributed by atoms with van der Waals surface area (Å²) in [7, 11) is 1.52. The van der Waals surface area contributed by atoms with Crippen LogP contribution in [0.3, 0.4) is 0 Å². The van der Waals surface area contributed by atoms with Gasteiger partial charge in [-0.25, -0.2) is 0 Å². The lowest BCUT2D eigenvalue weighted by Crippen LogP contribution is -2.23. The first kappa shape index (κ1) is 22.2. The number of nitrogens with one attached hydrogen (secondary N) is 1. The highest BCUT2D eigenvalue weighted by Gasteiger charge is 2.17. The lowest BCUT2D eigenvalue weighted by atomic mass is 10.1. The molecule has 0 aliphatic carbocycles. The third-order valence-corrected chi connectivity index (χ3v) is 5.06. The molecule has 7 heteroatoms. The van der Waals surface area contributed by atoms with E-state index in [0.29, 0.717) is 41.8 Å². The second kappa shape index (κ2) is 11.1. The molecule has 2 aromatic rings. The Kier molecular flexibility index (Phi) is 8.22. The SMILES string of the molecule is CCCOc1c(Cl)cc(C(=O)NCc2ccc(OCC3CCCO3)cc2)cc1OC. The summed E-state index contributed by atoms with van der Waals surface area (Å²) in [6.45, 7) is 4.30. The highest BCUT2D eigenvalue weighted by molar-refractivity contribution is 6.32. The fourth-order valence-corrected chi connectivity index (χ4v) is 3.41. The van der Waals surface area contributed by atoms with Crippen LogP contribution < -0.4 is 19.5 Å². The Balaban J connectivity index is 1.55. The van der Waals surface area contributed by atoms with Gasteiger partial charge in [-0.3, -0.25) is 4.79 Å². The molecule has 1 N–H and O–H groups in total. The lowest BCUT2D eigenvalue weighted by molar-refractivity contribution is 0.0679. The van der Waals surface area contributed by atoms with Gasteiger partial charge in [0.15, 0.2) is 11.5 Å². The second-order valence-electron chi connectivity index (χ2n) is 7.11. The maximum absolute atomic E-state index is 12.6. The van der Waals surface area contributed by atoms with Crippen LogP contribution in [0.25, 0.3) is 0 Å². The molecule has 1 saturated heterocycles. The number of ether oxygens (including phenoxy) is 4. The van der Waals surface area contributed by atoms with Crippen molar-refractivity contribution in [3.63, 3.8) is 0 Å². The third kappa shape index (κ3) is 6.03. The first-order valence-electron chi connectivity index (χ1n) is 10.2. The molecule has 2 aromatic carbocycles. The van der Waals surface area contributed by atoms with Crippen molar-refractivity contribution in [2.75, 3.05) is 26.9 Å². The summed E-state index contributed by atoms with van der Waals surface area (Å²) in [5.74, 6) is 1.45. The molecule has 6 nitrogen and oxygen atoms in total. The molecule has 1 aliphatic heterocycles. The molecule has 162 valence electrons. The zero-order chi connectivity index (χ0) is 21.3. The van der Waals surface area contributed by atoms with Crippen LogP contribution in [-0.2, 0) is 11.3 Å². The molecule has 1 aliphatic rings. The maximum atomic E-state index is 12.6. The molecule has 30 heavy (non-hydrogen) atoms. The molecule has 0 aromatic heterocycles. The van der Waals surface area contributed by atoms with Crippen LogP contribution in [0.4, 0.5) is 0 Å². The van der Waals surface area contributed by atoms with E-state index in [0.717, 1.165) is 37.2 Å². The quantitative estimate of drug-likeness (QED) is 0.592. The Labute approximate surface area is 182 Å².